The Morgan fingerprint density at radius 1 is 1.26 bits per heavy atom. The Labute approximate surface area is 180 Å². The fourth-order valence-electron chi connectivity index (χ4n) is 4.29. The van der Waals surface area contributed by atoms with Crippen LogP contribution in [-0.2, 0) is 5.92 Å². The number of aliphatic hydroxyl groups is 1. The van der Waals surface area contributed by atoms with Gasteiger partial charge in [-0.25, -0.2) is 8.78 Å². The number of hydrogen-bond acceptors (Lipinski definition) is 6. The molecule has 1 aromatic carbocycles. The average Bonchev–Trinajstić information content (AvgIpc) is 3.15. The second-order valence-corrected chi connectivity index (χ2v) is 8.39. The van der Waals surface area contributed by atoms with Crippen LogP contribution in [0.3, 0.4) is 0 Å². The van der Waals surface area contributed by atoms with Crippen LogP contribution in [0.4, 0.5) is 20.3 Å². The van der Waals surface area contributed by atoms with E-state index in [0.717, 1.165) is 42.0 Å². The zero-order valence-corrected chi connectivity index (χ0v) is 18.2. The molecule has 1 fully saturated rings. The highest BCUT2D eigenvalue weighted by Gasteiger charge is 2.28. The summed E-state index contributed by atoms with van der Waals surface area (Å²) in [4.78, 5) is 6.68. The second kappa shape index (κ2) is 8.00. The van der Waals surface area contributed by atoms with Crippen LogP contribution >= 0.6 is 0 Å². The van der Waals surface area contributed by atoms with E-state index in [1.54, 1.807) is 19.2 Å². The van der Waals surface area contributed by atoms with Crippen LogP contribution in [-0.4, -0.2) is 39.5 Å². The van der Waals surface area contributed by atoms with E-state index in [4.69, 9.17) is 0 Å². The molecule has 0 spiro atoms. The van der Waals surface area contributed by atoms with Crippen molar-refractivity contribution in [3.05, 3.63) is 52.8 Å². The first-order valence-electron chi connectivity index (χ1n) is 10.5. The maximum Gasteiger partial charge on any atom is 0.270 e. The number of fused-ring (bicyclic) bond motifs is 1. The van der Waals surface area contributed by atoms with E-state index in [-0.39, 0.29) is 17.7 Å². The van der Waals surface area contributed by atoms with Crippen molar-refractivity contribution in [2.24, 2.45) is 0 Å². The van der Waals surface area contributed by atoms with Crippen LogP contribution in [0.25, 0.3) is 10.9 Å². The molecule has 1 saturated heterocycles. The minimum Gasteiger partial charge on any atom is -0.391 e. The first-order chi connectivity index (χ1) is 14.6. The van der Waals surface area contributed by atoms with Gasteiger partial charge in [-0.2, -0.15) is 5.10 Å². The van der Waals surface area contributed by atoms with Crippen molar-refractivity contribution in [2.45, 2.75) is 52.2 Å². The molecule has 0 saturated carbocycles. The zero-order valence-electron chi connectivity index (χ0n) is 18.2. The predicted octanol–water partition coefficient (Wildman–Crippen LogP) is 4.50. The summed E-state index contributed by atoms with van der Waals surface area (Å²) in [6.07, 6.45) is 2.18. The number of halogens is 2. The van der Waals surface area contributed by atoms with Gasteiger partial charge in [-0.1, -0.05) is 18.2 Å². The normalized spacial score (nSPS) is 17.9. The van der Waals surface area contributed by atoms with E-state index in [1.165, 1.54) is 6.07 Å². The van der Waals surface area contributed by atoms with Crippen molar-refractivity contribution in [1.82, 2.24) is 15.2 Å². The van der Waals surface area contributed by atoms with Gasteiger partial charge in [0.05, 0.1) is 35.2 Å². The predicted molar refractivity (Wildman–Crippen MR) is 118 cm³/mol. The number of alkyl halides is 2. The summed E-state index contributed by atoms with van der Waals surface area (Å²) in [6.45, 7) is 7.74. The van der Waals surface area contributed by atoms with E-state index in [9.17, 15) is 13.9 Å². The Kier molecular flexibility index (Phi) is 5.51. The molecule has 164 valence electrons. The van der Waals surface area contributed by atoms with E-state index >= 15 is 0 Å². The van der Waals surface area contributed by atoms with Crippen LogP contribution in [0.5, 0.6) is 0 Å². The van der Waals surface area contributed by atoms with Crippen molar-refractivity contribution in [1.29, 1.82) is 0 Å². The third kappa shape index (κ3) is 4.17. The van der Waals surface area contributed by atoms with Gasteiger partial charge in [0, 0.05) is 31.0 Å². The standard InChI is InChI=1S/C23H27F2N5O/c1-13-18(6-5-7-20(13)23(4,24)25)14(2)27-22-19-10-16(30-9-8-17(31)12-30)11-26-21(19)15(3)28-29-22/h5-7,10-11,14,17,31H,8-9,12H2,1-4H3,(H,27,29)/t14-,17+/m1/s1. The minimum atomic E-state index is -2.91. The number of nitrogens with zero attached hydrogens (tertiary/aromatic N) is 4. The maximum absolute atomic E-state index is 14.0. The molecule has 0 bridgehead atoms. The summed E-state index contributed by atoms with van der Waals surface area (Å²) >= 11 is 0. The summed E-state index contributed by atoms with van der Waals surface area (Å²) in [5.74, 6) is -2.36. The summed E-state index contributed by atoms with van der Waals surface area (Å²) < 4.78 is 28.0. The SMILES string of the molecule is Cc1c([C@@H](C)Nc2nnc(C)c3ncc(N4CC[C@H](O)C4)cc23)cccc1C(C)(F)F. The number of anilines is 2. The van der Waals surface area contributed by atoms with Gasteiger partial charge >= 0.3 is 0 Å². The summed E-state index contributed by atoms with van der Waals surface area (Å²) in [5, 5.41) is 22.6. The van der Waals surface area contributed by atoms with E-state index in [2.05, 4.69) is 25.4 Å². The van der Waals surface area contributed by atoms with Crippen LogP contribution in [0.1, 0.15) is 48.7 Å². The minimum absolute atomic E-state index is 0.0232. The fourth-order valence-corrected chi connectivity index (χ4v) is 4.29. The Morgan fingerprint density at radius 3 is 2.71 bits per heavy atom. The Morgan fingerprint density at radius 2 is 2.03 bits per heavy atom. The number of hydrogen-bond donors (Lipinski definition) is 2. The molecule has 1 aliphatic rings. The third-order valence-electron chi connectivity index (χ3n) is 5.97. The summed E-state index contributed by atoms with van der Waals surface area (Å²) in [7, 11) is 0. The van der Waals surface area contributed by atoms with Crippen molar-refractivity contribution in [3.8, 4) is 0 Å². The first-order valence-corrected chi connectivity index (χ1v) is 10.5. The lowest BCUT2D eigenvalue weighted by molar-refractivity contribution is 0.0167. The van der Waals surface area contributed by atoms with E-state index < -0.39 is 5.92 Å². The van der Waals surface area contributed by atoms with E-state index in [0.29, 0.717) is 23.6 Å². The van der Waals surface area contributed by atoms with Gasteiger partial charge in [-0.3, -0.25) is 4.98 Å². The van der Waals surface area contributed by atoms with Crippen LogP contribution < -0.4 is 10.2 Å². The average molecular weight is 427 g/mol. The molecular weight excluding hydrogens is 400 g/mol. The Hall–Kier alpha value is -2.87. The molecule has 6 nitrogen and oxygen atoms in total. The second-order valence-electron chi connectivity index (χ2n) is 8.39. The molecule has 0 unspecified atom stereocenters. The van der Waals surface area contributed by atoms with Gasteiger partial charge in [0.2, 0.25) is 0 Å². The van der Waals surface area contributed by atoms with Crippen molar-refractivity contribution in [2.75, 3.05) is 23.3 Å². The van der Waals surface area contributed by atoms with Crippen LogP contribution in [0, 0.1) is 13.8 Å². The molecule has 2 N–H and O–H groups in total. The number of aromatic nitrogens is 3. The molecule has 4 rings (SSSR count). The first kappa shape index (κ1) is 21.4. The van der Waals surface area contributed by atoms with Crippen molar-refractivity contribution >= 4 is 22.4 Å². The number of aliphatic hydroxyl groups excluding tert-OH is 1. The van der Waals surface area contributed by atoms with Gasteiger partial charge in [0.15, 0.2) is 5.82 Å². The number of nitrogens with one attached hydrogen (secondary N) is 1. The lowest BCUT2D eigenvalue weighted by Gasteiger charge is -2.22. The molecule has 0 amide bonds. The lowest BCUT2D eigenvalue weighted by atomic mass is 9.94. The highest BCUT2D eigenvalue weighted by molar-refractivity contribution is 5.92. The third-order valence-corrected chi connectivity index (χ3v) is 5.97. The fraction of sp³-hybridized carbons (Fsp3) is 0.435. The molecule has 2 atom stereocenters. The maximum atomic E-state index is 14.0. The lowest BCUT2D eigenvalue weighted by Crippen LogP contribution is -2.21. The molecule has 0 radical (unpaired) electrons. The molecule has 1 aliphatic heterocycles. The topological polar surface area (TPSA) is 74.2 Å². The highest BCUT2D eigenvalue weighted by atomic mass is 19.3. The molecule has 3 heterocycles. The molecule has 3 aromatic rings. The van der Waals surface area contributed by atoms with Crippen LogP contribution in [0.15, 0.2) is 30.5 Å². The molecule has 8 heteroatoms. The van der Waals surface area contributed by atoms with Gasteiger partial charge in [0.1, 0.15) is 0 Å². The number of pyridine rings is 1. The van der Waals surface area contributed by atoms with Crippen molar-refractivity contribution in [3.63, 3.8) is 0 Å². The molecular formula is C23H27F2N5O. The van der Waals surface area contributed by atoms with Gasteiger partial charge in [0.25, 0.3) is 5.92 Å². The molecule has 31 heavy (non-hydrogen) atoms. The zero-order chi connectivity index (χ0) is 22.3. The highest BCUT2D eigenvalue weighted by Crippen LogP contribution is 2.35. The molecule has 2 aromatic heterocycles. The monoisotopic (exact) mass is 427 g/mol. The summed E-state index contributed by atoms with van der Waals surface area (Å²) in [6, 6.07) is 6.71. The van der Waals surface area contributed by atoms with Crippen LogP contribution in [0.2, 0.25) is 0 Å². The number of β-amino-alcohol motifs (C(OH)–C–C–N with tert-alkyl or cyclic N) is 1. The number of rotatable bonds is 5. The largest absolute Gasteiger partial charge is 0.391 e. The summed E-state index contributed by atoms with van der Waals surface area (Å²) in [5.41, 5.74) is 3.72. The van der Waals surface area contributed by atoms with Crippen molar-refractivity contribution < 1.29 is 13.9 Å². The van der Waals surface area contributed by atoms with Gasteiger partial charge in [-0.15, -0.1) is 5.10 Å². The van der Waals surface area contributed by atoms with E-state index in [1.807, 2.05) is 26.0 Å². The Balaban J connectivity index is 1.71. The molecule has 0 aliphatic carbocycles. The smallest absolute Gasteiger partial charge is 0.270 e. The van der Waals surface area contributed by atoms with Gasteiger partial charge in [-0.05, 0) is 44.4 Å². The van der Waals surface area contributed by atoms with Gasteiger partial charge < -0.3 is 15.3 Å². The Bertz CT molecular complexity index is 1120. The number of aryl methyl sites for hydroxylation is 1. The number of benzene rings is 1. The quantitative estimate of drug-likeness (QED) is 0.625.